The highest BCUT2D eigenvalue weighted by Gasteiger charge is 2.30. The molecule has 0 radical (unpaired) electrons. The van der Waals surface area contributed by atoms with Crippen molar-refractivity contribution in [2.24, 2.45) is 5.92 Å². The van der Waals surface area contributed by atoms with E-state index in [-0.39, 0.29) is 12.5 Å². The van der Waals surface area contributed by atoms with Gasteiger partial charge in [-0.25, -0.2) is 9.59 Å². The molecule has 1 rings (SSSR count). The summed E-state index contributed by atoms with van der Waals surface area (Å²) in [4.78, 5) is 37.6. The second-order valence-corrected chi connectivity index (χ2v) is 9.29. The maximum Gasteiger partial charge on any atom is 0.408 e. The first kappa shape index (κ1) is 25.8. The molecular weight excluding hydrogens is 404 g/mol. The van der Waals surface area contributed by atoms with Crippen LogP contribution < -0.4 is 10.6 Å². The molecule has 30 heavy (non-hydrogen) atoms. The lowest BCUT2D eigenvalue weighted by Crippen LogP contribution is -2.54. The minimum atomic E-state index is -0.821. The molecular formula is C22H34N2O5S. The molecule has 2 atom stereocenters. The number of esters is 1. The van der Waals surface area contributed by atoms with Crippen molar-refractivity contribution >= 4 is 29.7 Å². The molecule has 0 unspecified atom stereocenters. The van der Waals surface area contributed by atoms with E-state index >= 15 is 0 Å². The second-order valence-electron chi connectivity index (χ2n) is 8.30. The maximum absolute atomic E-state index is 12.8. The number of rotatable bonds is 10. The lowest BCUT2D eigenvalue weighted by Gasteiger charge is -2.26. The molecule has 0 aromatic heterocycles. The molecule has 0 fully saturated rings. The minimum absolute atomic E-state index is 0.130. The monoisotopic (exact) mass is 438 g/mol. The fraction of sp³-hybridized carbons (Fsp3) is 0.591. The molecule has 2 amide bonds. The zero-order valence-electron chi connectivity index (χ0n) is 18.7. The highest BCUT2D eigenvalue weighted by atomic mass is 32.2. The summed E-state index contributed by atoms with van der Waals surface area (Å²) in [7, 11) is 0. The number of benzene rings is 1. The number of hydrogen-bond donors (Lipinski definition) is 2. The predicted molar refractivity (Wildman–Crippen MR) is 119 cm³/mol. The van der Waals surface area contributed by atoms with Crippen LogP contribution in [0, 0.1) is 5.92 Å². The molecule has 0 aliphatic heterocycles. The van der Waals surface area contributed by atoms with Crippen molar-refractivity contribution in [3.05, 3.63) is 35.9 Å². The lowest BCUT2D eigenvalue weighted by atomic mass is 10.0. The van der Waals surface area contributed by atoms with Crippen molar-refractivity contribution in [1.82, 2.24) is 10.6 Å². The molecule has 0 aliphatic carbocycles. The van der Waals surface area contributed by atoms with Crippen LogP contribution in [-0.2, 0) is 25.7 Å². The standard InChI is InChI=1S/C22H34N2O5S/c1-15(2)18(20(26)28-14-16-10-8-7-9-11-16)24-19(25)17(12-13-30-6)23-21(27)29-22(3,4)5/h7-11,15,17-18H,12-14H2,1-6H3,(H,23,27)(H,24,25)/t17-,18-/m0/s1. The van der Waals surface area contributed by atoms with Gasteiger partial charge in [-0.05, 0) is 50.7 Å². The van der Waals surface area contributed by atoms with Crippen molar-refractivity contribution in [3.8, 4) is 0 Å². The van der Waals surface area contributed by atoms with Gasteiger partial charge in [0.15, 0.2) is 0 Å². The molecule has 0 aliphatic rings. The van der Waals surface area contributed by atoms with Crippen LogP contribution in [0.5, 0.6) is 0 Å². The first-order valence-corrected chi connectivity index (χ1v) is 11.4. The number of carbonyl (C=O) groups is 3. The van der Waals surface area contributed by atoms with E-state index in [4.69, 9.17) is 9.47 Å². The van der Waals surface area contributed by atoms with E-state index in [0.717, 1.165) is 5.56 Å². The molecule has 0 saturated carbocycles. The third-order valence-corrected chi connectivity index (χ3v) is 4.70. The number of thioether (sulfide) groups is 1. The summed E-state index contributed by atoms with van der Waals surface area (Å²) in [6.07, 6.45) is 1.66. The summed E-state index contributed by atoms with van der Waals surface area (Å²) in [5.74, 6) is -0.466. The largest absolute Gasteiger partial charge is 0.459 e. The van der Waals surface area contributed by atoms with Gasteiger partial charge in [-0.15, -0.1) is 0 Å². The third-order valence-electron chi connectivity index (χ3n) is 4.06. The summed E-state index contributed by atoms with van der Waals surface area (Å²) in [5.41, 5.74) is 0.191. The van der Waals surface area contributed by atoms with Crippen molar-refractivity contribution in [1.29, 1.82) is 0 Å². The van der Waals surface area contributed by atoms with Crippen molar-refractivity contribution in [3.63, 3.8) is 0 Å². The molecule has 0 bridgehead atoms. The van der Waals surface area contributed by atoms with Gasteiger partial charge in [0.25, 0.3) is 0 Å². The Morgan fingerprint density at radius 2 is 1.70 bits per heavy atom. The minimum Gasteiger partial charge on any atom is -0.459 e. The van der Waals surface area contributed by atoms with Crippen LogP contribution in [0.15, 0.2) is 30.3 Å². The fourth-order valence-corrected chi connectivity index (χ4v) is 3.00. The van der Waals surface area contributed by atoms with Crippen LogP contribution in [-0.4, -0.2) is 47.7 Å². The van der Waals surface area contributed by atoms with Crippen LogP contribution in [0.4, 0.5) is 4.79 Å². The SMILES string of the molecule is CSCC[C@H](NC(=O)OC(C)(C)C)C(=O)N[C@H](C(=O)OCc1ccccc1)C(C)C. The number of nitrogens with one attached hydrogen (secondary N) is 2. The van der Waals surface area contributed by atoms with Gasteiger partial charge in [0.2, 0.25) is 5.91 Å². The Kier molecular flexibility index (Phi) is 10.7. The molecule has 7 nitrogen and oxygen atoms in total. The van der Waals surface area contributed by atoms with Gasteiger partial charge >= 0.3 is 12.1 Å². The van der Waals surface area contributed by atoms with Crippen LogP contribution >= 0.6 is 11.8 Å². The zero-order chi connectivity index (χ0) is 22.7. The molecule has 2 N–H and O–H groups in total. The average molecular weight is 439 g/mol. The topological polar surface area (TPSA) is 93.7 Å². The maximum atomic E-state index is 12.8. The van der Waals surface area contributed by atoms with E-state index in [9.17, 15) is 14.4 Å². The summed E-state index contributed by atoms with van der Waals surface area (Å²) >= 11 is 1.56. The van der Waals surface area contributed by atoms with Crippen LogP contribution in [0.3, 0.4) is 0 Å². The summed E-state index contributed by atoms with van der Waals surface area (Å²) in [6, 6.07) is 7.70. The average Bonchev–Trinajstić information content (AvgIpc) is 2.66. The number of carbonyl (C=O) groups excluding carboxylic acids is 3. The Morgan fingerprint density at radius 1 is 1.07 bits per heavy atom. The Bertz CT molecular complexity index is 689. The van der Waals surface area contributed by atoms with Crippen molar-refractivity contribution in [2.75, 3.05) is 12.0 Å². The summed E-state index contributed by atoms with van der Waals surface area (Å²) in [5, 5.41) is 5.35. The number of amides is 2. The van der Waals surface area contributed by atoms with Gasteiger partial charge in [-0.3, -0.25) is 4.79 Å². The molecule has 0 heterocycles. The molecule has 1 aromatic rings. The van der Waals surface area contributed by atoms with E-state index in [2.05, 4.69) is 10.6 Å². The van der Waals surface area contributed by atoms with Crippen molar-refractivity contribution < 1.29 is 23.9 Å². The molecule has 168 valence electrons. The number of alkyl carbamates (subject to hydrolysis) is 1. The van der Waals surface area contributed by atoms with Gasteiger partial charge in [0.05, 0.1) is 0 Å². The second kappa shape index (κ2) is 12.5. The highest BCUT2D eigenvalue weighted by molar-refractivity contribution is 7.98. The van der Waals surface area contributed by atoms with E-state index in [1.165, 1.54) is 0 Å². The summed E-state index contributed by atoms with van der Waals surface area (Å²) < 4.78 is 10.6. The van der Waals surface area contributed by atoms with E-state index in [1.54, 1.807) is 32.5 Å². The van der Waals surface area contributed by atoms with Crippen molar-refractivity contribution in [2.45, 2.75) is 65.3 Å². The Balaban J connectivity index is 2.77. The van der Waals surface area contributed by atoms with Crippen LogP contribution in [0.25, 0.3) is 0 Å². The quantitative estimate of drug-likeness (QED) is 0.543. The van der Waals surface area contributed by atoms with Gasteiger partial charge in [0.1, 0.15) is 24.3 Å². The van der Waals surface area contributed by atoms with Crippen LogP contribution in [0.2, 0.25) is 0 Å². The molecule has 0 spiro atoms. The first-order valence-electron chi connectivity index (χ1n) is 10.0. The van der Waals surface area contributed by atoms with Crippen LogP contribution in [0.1, 0.15) is 46.6 Å². The van der Waals surface area contributed by atoms with Gasteiger partial charge in [-0.2, -0.15) is 11.8 Å². The van der Waals surface area contributed by atoms with E-state index < -0.39 is 35.7 Å². The number of ether oxygens (including phenoxy) is 2. The Hall–Kier alpha value is -2.22. The predicted octanol–water partition coefficient (Wildman–Crippen LogP) is 3.52. The molecule has 0 saturated heterocycles. The van der Waals surface area contributed by atoms with Gasteiger partial charge in [-0.1, -0.05) is 44.2 Å². The smallest absolute Gasteiger partial charge is 0.408 e. The Labute approximate surface area is 183 Å². The zero-order valence-corrected chi connectivity index (χ0v) is 19.5. The van der Waals surface area contributed by atoms with E-state index in [0.29, 0.717) is 12.2 Å². The lowest BCUT2D eigenvalue weighted by molar-refractivity contribution is -0.150. The highest BCUT2D eigenvalue weighted by Crippen LogP contribution is 2.11. The first-order chi connectivity index (χ1) is 14.0. The number of hydrogen-bond acceptors (Lipinski definition) is 6. The van der Waals surface area contributed by atoms with Gasteiger partial charge < -0.3 is 20.1 Å². The van der Waals surface area contributed by atoms with E-state index in [1.807, 2.05) is 50.4 Å². The van der Waals surface area contributed by atoms with Gasteiger partial charge in [0, 0.05) is 0 Å². The summed E-state index contributed by atoms with van der Waals surface area (Å²) in [6.45, 7) is 9.04. The third kappa shape index (κ3) is 10.0. The Morgan fingerprint density at radius 3 is 2.23 bits per heavy atom. The molecule has 8 heteroatoms. The fourth-order valence-electron chi connectivity index (χ4n) is 2.52. The normalized spacial score (nSPS) is 13.3. The molecule has 1 aromatic carbocycles.